The van der Waals surface area contributed by atoms with Gasteiger partial charge < -0.3 is 14.5 Å². The molecule has 2 atom stereocenters. The molecule has 0 unspecified atom stereocenters. The first-order valence-electron chi connectivity index (χ1n) is 10.9. The number of hydrogen-bond acceptors (Lipinski definition) is 5. The van der Waals surface area contributed by atoms with Crippen molar-refractivity contribution in [2.45, 2.75) is 19.5 Å². The van der Waals surface area contributed by atoms with Crippen LogP contribution >= 0.6 is 0 Å². The minimum Gasteiger partial charge on any atom is -0.381 e. The minimum absolute atomic E-state index is 0.0806. The number of piperidine rings is 1. The number of benzene rings is 1. The molecule has 1 aromatic carbocycles. The number of nitriles is 1. The molecule has 0 radical (unpaired) electrons. The Morgan fingerprint density at radius 3 is 2.70 bits per heavy atom. The number of carbonyl (C=O) groups is 1. The lowest BCUT2D eigenvalue weighted by Gasteiger charge is -2.43. The summed E-state index contributed by atoms with van der Waals surface area (Å²) in [6.45, 7) is 4.94. The van der Waals surface area contributed by atoms with Crippen molar-refractivity contribution >= 4 is 11.6 Å². The van der Waals surface area contributed by atoms with Gasteiger partial charge in [-0.3, -0.25) is 9.78 Å². The van der Waals surface area contributed by atoms with Gasteiger partial charge in [0.15, 0.2) is 0 Å². The lowest BCUT2D eigenvalue weighted by atomic mass is 9.73. The molecule has 2 aliphatic heterocycles. The van der Waals surface area contributed by atoms with Gasteiger partial charge in [-0.05, 0) is 49.6 Å². The van der Waals surface area contributed by atoms with E-state index in [0.717, 1.165) is 12.5 Å². The fourth-order valence-electron chi connectivity index (χ4n) is 5.00. The quantitative estimate of drug-likeness (QED) is 0.678. The zero-order chi connectivity index (χ0) is 23.6. The van der Waals surface area contributed by atoms with Gasteiger partial charge >= 0.3 is 6.18 Å². The summed E-state index contributed by atoms with van der Waals surface area (Å²) in [7, 11) is 0. The van der Waals surface area contributed by atoms with Gasteiger partial charge in [0, 0.05) is 61.8 Å². The highest BCUT2D eigenvalue weighted by Gasteiger charge is 2.51. The lowest BCUT2D eigenvalue weighted by Crippen LogP contribution is -2.53. The normalized spacial score (nSPS) is 22.7. The van der Waals surface area contributed by atoms with E-state index in [1.54, 1.807) is 36.7 Å². The van der Waals surface area contributed by atoms with Crippen molar-refractivity contribution in [1.82, 2.24) is 9.88 Å². The number of amides is 1. The number of hydrogen-bond donors (Lipinski definition) is 0. The number of carbonyl (C=O) groups excluding carboxylic acids is 1. The molecule has 2 aromatic rings. The molecule has 9 heteroatoms. The second-order valence-electron chi connectivity index (χ2n) is 8.67. The Labute approximate surface area is 190 Å². The van der Waals surface area contributed by atoms with E-state index >= 15 is 0 Å². The highest BCUT2D eigenvalue weighted by atomic mass is 19.4. The summed E-state index contributed by atoms with van der Waals surface area (Å²) in [5.74, 6) is 0.0958. The Kier molecular flexibility index (Phi) is 6.30. The topological polar surface area (TPSA) is 69.5 Å². The summed E-state index contributed by atoms with van der Waals surface area (Å²) < 4.78 is 46.3. The molecule has 0 spiro atoms. The van der Waals surface area contributed by atoms with E-state index < -0.39 is 11.7 Å². The maximum absolute atomic E-state index is 13.5. The van der Waals surface area contributed by atoms with E-state index in [1.165, 1.54) is 6.07 Å². The lowest BCUT2D eigenvalue weighted by molar-refractivity contribution is -0.137. The Hall–Kier alpha value is -3.12. The summed E-state index contributed by atoms with van der Waals surface area (Å²) in [6.07, 6.45) is -0.708. The van der Waals surface area contributed by atoms with E-state index in [2.05, 4.69) is 4.98 Å². The van der Waals surface area contributed by atoms with Gasteiger partial charge in [-0.1, -0.05) is 0 Å². The summed E-state index contributed by atoms with van der Waals surface area (Å²) in [5, 5.41) is 9.10. The third kappa shape index (κ3) is 4.53. The predicted molar refractivity (Wildman–Crippen MR) is 116 cm³/mol. The average molecular weight is 458 g/mol. The van der Waals surface area contributed by atoms with Crippen molar-refractivity contribution < 1.29 is 22.7 Å². The zero-order valence-corrected chi connectivity index (χ0v) is 18.3. The van der Waals surface area contributed by atoms with E-state index in [4.69, 9.17) is 10.00 Å². The second-order valence-corrected chi connectivity index (χ2v) is 8.67. The number of anilines is 1. The number of likely N-dealkylation sites (tertiary alicyclic amines) is 1. The summed E-state index contributed by atoms with van der Waals surface area (Å²) in [6, 6.07) is 8.85. The Morgan fingerprint density at radius 1 is 1.27 bits per heavy atom. The molecular formula is C24H25F3N4O2. The van der Waals surface area contributed by atoms with Crippen molar-refractivity contribution in [3.63, 3.8) is 0 Å². The molecule has 0 aliphatic carbocycles. The van der Waals surface area contributed by atoms with Crippen LogP contribution in [0.2, 0.25) is 0 Å². The molecule has 3 heterocycles. The molecule has 2 fully saturated rings. The largest absolute Gasteiger partial charge is 0.417 e. The highest BCUT2D eigenvalue weighted by Crippen LogP contribution is 2.45. The summed E-state index contributed by atoms with van der Waals surface area (Å²) in [5.41, 5.74) is -0.708. The fraction of sp³-hybridized carbons (Fsp3) is 0.458. The highest BCUT2D eigenvalue weighted by molar-refractivity contribution is 5.94. The van der Waals surface area contributed by atoms with Crippen molar-refractivity contribution in [2.75, 3.05) is 44.3 Å². The molecule has 0 saturated carbocycles. The fourth-order valence-corrected chi connectivity index (χ4v) is 5.00. The van der Waals surface area contributed by atoms with Crippen LogP contribution in [0.15, 0.2) is 42.7 Å². The standard InChI is InChI=1S/C24H25F3N4O2/c1-2-33-16-23-14-30(22(32)17-5-8-29-9-6-17)10-7-19(23)13-31(15-23)20-4-3-18(12-28)21(11-20)24(25,26)27/h3-6,8-9,11,19H,2,7,10,13-16H2,1H3/t19-,23+/m0/s1. The number of nitrogens with zero attached hydrogens (tertiary/aromatic N) is 4. The number of ether oxygens (including phenoxy) is 1. The molecule has 0 N–H and O–H groups in total. The maximum atomic E-state index is 13.5. The van der Waals surface area contributed by atoms with Gasteiger partial charge in [-0.25, -0.2) is 0 Å². The van der Waals surface area contributed by atoms with Crippen molar-refractivity contribution in [2.24, 2.45) is 11.3 Å². The number of halogens is 3. The third-order valence-electron chi connectivity index (χ3n) is 6.67. The SMILES string of the molecule is CCOC[C@]12CN(C(=O)c3ccncc3)CC[C@H]1CN(c1ccc(C#N)c(C(F)(F)F)c1)C2. The number of pyridine rings is 1. The number of rotatable bonds is 5. The van der Waals surface area contributed by atoms with Gasteiger partial charge in [0.2, 0.25) is 0 Å². The molecule has 4 rings (SSSR count). The summed E-state index contributed by atoms with van der Waals surface area (Å²) in [4.78, 5) is 20.8. The first-order valence-corrected chi connectivity index (χ1v) is 10.9. The first kappa shape index (κ1) is 23.1. The van der Waals surface area contributed by atoms with Crippen LogP contribution in [0, 0.1) is 22.7 Å². The maximum Gasteiger partial charge on any atom is 0.417 e. The summed E-state index contributed by atoms with van der Waals surface area (Å²) >= 11 is 0. The van der Waals surface area contributed by atoms with Crippen molar-refractivity contribution in [1.29, 1.82) is 5.26 Å². The van der Waals surface area contributed by atoms with Crippen LogP contribution in [0.5, 0.6) is 0 Å². The van der Waals surface area contributed by atoms with Crippen LogP contribution in [0.3, 0.4) is 0 Å². The van der Waals surface area contributed by atoms with Crippen LogP contribution in [0.25, 0.3) is 0 Å². The van der Waals surface area contributed by atoms with Crippen LogP contribution < -0.4 is 4.90 Å². The zero-order valence-electron chi connectivity index (χ0n) is 18.3. The third-order valence-corrected chi connectivity index (χ3v) is 6.67. The van der Waals surface area contributed by atoms with Crippen molar-refractivity contribution in [3.8, 4) is 6.07 Å². The van der Waals surface area contributed by atoms with E-state index in [-0.39, 0.29) is 22.8 Å². The molecule has 1 amide bonds. The molecule has 0 bridgehead atoms. The molecule has 33 heavy (non-hydrogen) atoms. The minimum atomic E-state index is -4.61. The van der Waals surface area contributed by atoms with Gasteiger partial charge in [-0.15, -0.1) is 0 Å². The van der Waals surface area contributed by atoms with Gasteiger partial charge in [0.1, 0.15) is 0 Å². The molecule has 1 aromatic heterocycles. The molecular weight excluding hydrogens is 433 g/mol. The first-order chi connectivity index (χ1) is 15.8. The molecule has 6 nitrogen and oxygen atoms in total. The van der Waals surface area contributed by atoms with Gasteiger partial charge in [-0.2, -0.15) is 18.4 Å². The molecule has 2 saturated heterocycles. The van der Waals surface area contributed by atoms with Gasteiger partial charge in [0.25, 0.3) is 5.91 Å². The number of alkyl halides is 3. The van der Waals surface area contributed by atoms with Crippen LogP contribution in [-0.4, -0.2) is 55.2 Å². The smallest absolute Gasteiger partial charge is 0.381 e. The van der Waals surface area contributed by atoms with Gasteiger partial charge in [0.05, 0.1) is 23.8 Å². The van der Waals surface area contributed by atoms with E-state index in [9.17, 15) is 18.0 Å². The Balaban J connectivity index is 1.61. The molecule has 174 valence electrons. The van der Waals surface area contributed by atoms with E-state index in [1.807, 2.05) is 16.7 Å². The van der Waals surface area contributed by atoms with Crippen molar-refractivity contribution in [3.05, 3.63) is 59.4 Å². The van der Waals surface area contributed by atoms with Crippen LogP contribution in [0.1, 0.15) is 34.8 Å². The van der Waals surface area contributed by atoms with Crippen LogP contribution in [-0.2, 0) is 10.9 Å². The average Bonchev–Trinajstić information content (AvgIpc) is 3.21. The predicted octanol–water partition coefficient (Wildman–Crippen LogP) is 3.98. The second kappa shape index (κ2) is 9.02. The Bertz CT molecular complexity index is 1050. The monoisotopic (exact) mass is 458 g/mol. The number of fused-ring (bicyclic) bond motifs is 1. The number of aromatic nitrogens is 1. The Morgan fingerprint density at radius 2 is 2.03 bits per heavy atom. The van der Waals surface area contributed by atoms with Crippen LogP contribution in [0.4, 0.5) is 18.9 Å². The van der Waals surface area contributed by atoms with E-state index in [0.29, 0.717) is 50.6 Å². The molecule has 2 aliphatic rings.